The first-order valence-corrected chi connectivity index (χ1v) is 6.85. The normalized spacial score (nSPS) is 10.9. The smallest absolute Gasteiger partial charge is 0.335 e. The third kappa shape index (κ3) is 4.14. The molecule has 0 saturated carbocycles. The lowest BCUT2D eigenvalue weighted by molar-refractivity contribution is -0.120. The molecule has 0 aliphatic rings. The highest BCUT2D eigenvalue weighted by atomic mass is 16.5. The maximum Gasteiger partial charge on any atom is 0.335 e. The number of aliphatic imine (C=N–C) groups is 1. The van der Waals surface area contributed by atoms with Crippen molar-refractivity contribution in [2.24, 2.45) is 4.99 Å². The fourth-order valence-corrected chi connectivity index (χ4v) is 2.02. The highest BCUT2D eigenvalue weighted by Crippen LogP contribution is 2.17. The molecule has 0 amide bonds. The van der Waals surface area contributed by atoms with Gasteiger partial charge >= 0.3 is 5.97 Å². The molecule has 2 aromatic carbocycles. The molecule has 0 fully saturated rings. The van der Waals surface area contributed by atoms with Crippen molar-refractivity contribution in [2.45, 2.75) is 0 Å². The van der Waals surface area contributed by atoms with Gasteiger partial charge in [0.15, 0.2) is 0 Å². The Morgan fingerprint density at radius 1 is 1.04 bits per heavy atom. The summed E-state index contributed by atoms with van der Waals surface area (Å²) >= 11 is 0. The fraction of sp³-hybridized carbons (Fsp3) is 0.0556. The SMILES string of the molecule is C=CCN=C(c1ccc(OC=O)cc1)c1ccc(C(=O)O)cc1. The molecule has 2 aromatic rings. The number of carbonyl (C=O) groups excluding carboxylic acids is 1. The van der Waals surface area contributed by atoms with E-state index in [2.05, 4.69) is 11.6 Å². The van der Waals surface area contributed by atoms with Crippen LogP contribution in [0.5, 0.6) is 5.75 Å². The second-order valence-corrected chi connectivity index (χ2v) is 4.60. The molecule has 0 aliphatic carbocycles. The van der Waals surface area contributed by atoms with Gasteiger partial charge in [0, 0.05) is 11.1 Å². The topological polar surface area (TPSA) is 76.0 Å². The number of ether oxygens (including phenoxy) is 1. The van der Waals surface area contributed by atoms with Gasteiger partial charge < -0.3 is 9.84 Å². The first-order chi connectivity index (χ1) is 11.2. The van der Waals surface area contributed by atoms with Crippen LogP contribution in [0.1, 0.15) is 21.5 Å². The standard InChI is InChI=1S/C18H15NO4/c1-2-11-19-17(13-3-5-15(6-4-13)18(21)22)14-7-9-16(10-8-14)23-12-20/h2-10,12H,1,11H2,(H,21,22). The van der Waals surface area contributed by atoms with Crippen LogP contribution in [-0.2, 0) is 4.79 Å². The molecule has 0 bridgehead atoms. The van der Waals surface area contributed by atoms with Gasteiger partial charge in [0.25, 0.3) is 6.47 Å². The van der Waals surface area contributed by atoms with Crippen LogP contribution in [0.4, 0.5) is 0 Å². The highest BCUT2D eigenvalue weighted by molar-refractivity contribution is 6.13. The summed E-state index contributed by atoms with van der Waals surface area (Å²) in [6.45, 7) is 4.45. The third-order valence-electron chi connectivity index (χ3n) is 3.10. The predicted molar refractivity (Wildman–Crippen MR) is 87.2 cm³/mol. The Morgan fingerprint density at radius 3 is 2.04 bits per heavy atom. The molecule has 0 saturated heterocycles. The summed E-state index contributed by atoms with van der Waals surface area (Å²) in [4.78, 5) is 25.7. The van der Waals surface area contributed by atoms with E-state index in [0.29, 0.717) is 24.5 Å². The van der Waals surface area contributed by atoms with Crippen LogP contribution in [-0.4, -0.2) is 29.8 Å². The van der Waals surface area contributed by atoms with Gasteiger partial charge in [0.1, 0.15) is 5.75 Å². The molecule has 0 heterocycles. The summed E-state index contributed by atoms with van der Waals surface area (Å²) in [5, 5.41) is 8.97. The van der Waals surface area contributed by atoms with Crippen LogP contribution in [0.25, 0.3) is 0 Å². The van der Waals surface area contributed by atoms with Gasteiger partial charge in [-0.1, -0.05) is 18.2 Å². The minimum atomic E-state index is -0.975. The Labute approximate surface area is 133 Å². The number of hydrogen-bond donors (Lipinski definition) is 1. The van der Waals surface area contributed by atoms with Crippen molar-refractivity contribution in [2.75, 3.05) is 6.54 Å². The van der Waals surface area contributed by atoms with E-state index in [1.54, 1.807) is 42.5 Å². The Bertz CT molecular complexity index is 731. The molecule has 0 atom stereocenters. The van der Waals surface area contributed by atoms with E-state index in [9.17, 15) is 9.59 Å². The minimum Gasteiger partial charge on any atom is -0.478 e. The van der Waals surface area contributed by atoms with Crippen LogP contribution in [0.3, 0.4) is 0 Å². The molecule has 0 spiro atoms. The van der Waals surface area contributed by atoms with E-state index >= 15 is 0 Å². The molecule has 5 nitrogen and oxygen atoms in total. The lowest BCUT2D eigenvalue weighted by Crippen LogP contribution is -2.05. The molecule has 23 heavy (non-hydrogen) atoms. The van der Waals surface area contributed by atoms with Crippen LogP contribution in [0, 0.1) is 0 Å². The zero-order valence-electron chi connectivity index (χ0n) is 12.3. The molecule has 1 N–H and O–H groups in total. The van der Waals surface area contributed by atoms with Gasteiger partial charge in [0.05, 0.1) is 17.8 Å². The average Bonchev–Trinajstić information content (AvgIpc) is 2.57. The van der Waals surface area contributed by atoms with E-state index in [1.165, 1.54) is 12.1 Å². The number of aromatic carboxylic acids is 1. The lowest BCUT2D eigenvalue weighted by atomic mass is 10.0. The van der Waals surface area contributed by atoms with Crippen molar-refractivity contribution < 1.29 is 19.4 Å². The van der Waals surface area contributed by atoms with E-state index < -0.39 is 5.97 Å². The number of hydrogen-bond acceptors (Lipinski definition) is 4. The minimum absolute atomic E-state index is 0.214. The Hall–Kier alpha value is -3.21. The number of carboxylic acid groups (broad SMARTS) is 1. The van der Waals surface area contributed by atoms with E-state index in [-0.39, 0.29) is 5.56 Å². The van der Waals surface area contributed by atoms with E-state index in [0.717, 1.165) is 11.1 Å². The summed E-state index contributed by atoms with van der Waals surface area (Å²) in [5.74, 6) is -0.537. The van der Waals surface area contributed by atoms with Gasteiger partial charge in [-0.3, -0.25) is 9.79 Å². The largest absolute Gasteiger partial charge is 0.478 e. The molecule has 2 rings (SSSR count). The zero-order chi connectivity index (χ0) is 16.7. The van der Waals surface area contributed by atoms with Gasteiger partial charge in [-0.25, -0.2) is 4.79 Å². The van der Waals surface area contributed by atoms with Gasteiger partial charge in [-0.2, -0.15) is 0 Å². The number of rotatable bonds is 7. The second kappa shape index (κ2) is 7.70. The maximum absolute atomic E-state index is 10.9. The number of carbonyl (C=O) groups is 2. The molecule has 0 aromatic heterocycles. The van der Waals surface area contributed by atoms with Crippen molar-refractivity contribution in [3.63, 3.8) is 0 Å². The van der Waals surface area contributed by atoms with Crippen molar-refractivity contribution in [1.29, 1.82) is 0 Å². The summed E-state index contributed by atoms with van der Waals surface area (Å²) < 4.78 is 4.77. The van der Waals surface area contributed by atoms with Crippen molar-refractivity contribution in [3.8, 4) is 5.75 Å². The molecule has 0 aliphatic heterocycles. The number of benzene rings is 2. The monoisotopic (exact) mass is 309 g/mol. The first kappa shape index (κ1) is 16.2. The summed E-state index contributed by atoms with van der Waals surface area (Å²) in [6.07, 6.45) is 1.68. The quantitative estimate of drug-likeness (QED) is 0.485. The number of carboxylic acids is 1. The van der Waals surface area contributed by atoms with Crippen molar-refractivity contribution in [3.05, 3.63) is 77.9 Å². The van der Waals surface area contributed by atoms with Gasteiger partial charge in [-0.05, 0) is 36.4 Å². The van der Waals surface area contributed by atoms with Crippen LogP contribution < -0.4 is 4.74 Å². The summed E-state index contributed by atoms with van der Waals surface area (Å²) in [5.41, 5.74) is 2.54. The van der Waals surface area contributed by atoms with Crippen LogP contribution >= 0.6 is 0 Å². The van der Waals surface area contributed by atoms with Crippen LogP contribution in [0.15, 0.2) is 66.2 Å². The van der Waals surface area contributed by atoms with Crippen LogP contribution in [0.2, 0.25) is 0 Å². The molecular formula is C18H15NO4. The average molecular weight is 309 g/mol. The fourth-order valence-electron chi connectivity index (χ4n) is 2.02. The molecule has 116 valence electrons. The molecule has 0 unspecified atom stereocenters. The van der Waals surface area contributed by atoms with Crippen molar-refractivity contribution in [1.82, 2.24) is 0 Å². The Balaban J connectivity index is 2.38. The maximum atomic E-state index is 10.9. The zero-order valence-corrected chi connectivity index (χ0v) is 12.3. The Kier molecular flexibility index (Phi) is 5.41. The third-order valence-corrected chi connectivity index (χ3v) is 3.10. The molecule has 5 heteroatoms. The second-order valence-electron chi connectivity index (χ2n) is 4.60. The number of nitrogens with zero attached hydrogens (tertiary/aromatic N) is 1. The summed E-state index contributed by atoms with van der Waals surface area (Å²) in [6, 6.07) is 13.4. The van der Waals surface area contributed by atoms with E-state index in [4.69, 9.17) is 9.84 Å². The van der Waals surface area contributed by atoms with E-state index in [1.807, 2.05) is 0 Å². The molecule has 0 radical (unpaired) electrons. The first-order valence-electron chi connectivity index (χ1n) is 6.85. The summed E-state index contributed by atoms with van der Waals surface area (Å²) in [7, 11) is 0. The molecular weight excluding hydrogens is 294 g/mol. The van der Waals surface area contributed by atoms with Gasteiger partial charge in [0.2, 0.25) is 0 Å². The lowest BCUT2D eigenvalue weighted by Gasteiger charge is -2.08. The van der Waals surface area contributed by atoms with Crippen molar-refractivity contribution >= 4 is 18.2 Å². The highest BCUT2D eigenvalue weighted by Gasteiger charge is 2.09. The predicted octanol–water partition coefficient (Wildman–Crippen LogP) is 2.94. The van der Waals surface area contributed by atoms with Gasteiger partial charge in [-0.15, -0.1) is 6.58 Å². The Morgan fingerprint density at radius 2 is 1.57 bits per heavy atom.